The van der Waals surface area contributed by atoms with E-state index in [-0.39, 0.29) is 0 Å². The molecule has 0 amide bonds. The van der Waals surface area contributed by atoms with Gasteiger partial charge in [0.15, 0.2) is 5.75 Å². The summed E-state index contributed by atoms with van der Waals surface area (Å²) in [5.41, 5.74) is 1.85. The molecule has 5 nitrogen and oxygen atoms in total. The number of para-hydroxylation sites is 3. The fraction of sp³-hybridized carbons (Fsp3) is 0. The third-order valence-corrected chi connectivity index (χ3v) is 2.63. The normalized spacial score (nSPS) is 10.0. The first-order chi connectivity index (χ1) is 9.92. The third-order valence-electron chi connectivity index (χ3n) is 2.63. The van der Waals surface area contributed by atoms with Crippen LogP contribution in [0, 0.1) is 0 Å². The zero-order valence-electron chi connectivity index (χ0n) is 10.6. The number of hydrogen-bond acceptors (Lipinski definition) is 5. The quantitative estimate of drug-likeness (QED) is 0.782. The highest BCUT2D eigenvalue weighted by atomic mass is 16.5. The number of nitrogens with one attached hydrogen (secondary N) is 1. The van der Waals surface area contributed by atoms with Crippen molar-refractivity contribution in [1.29, 1.82) is 0 Å². The van der Waals surface area contributed by atoms with E-state index in [1.165, 1.54) is 6.20 Å². The summed E-state index contributed by atoms with van der Waals surface area (Å²) in [6.07, 6.45) is 1.54. The number of ether oxygens (including phenoxy) is 1. The summed E-state index contributed by atoms with van der Waals surface area (Å²) >= 11 is 0. The predicted octanol–water partition coefficient (Wildman–Crippen LogP) is 3.41. The summed E-state index contributed by atoms with van der Waals surface area (Å²) in [6.45, 7) is 0. The second-order valence-electron chi connectivity index (χ2n) is 4.05. The number of nitrogens with zero attached hydrogens (tertiary/aromatic N) is 3. The Bertz CT molecular complexity index is 613. The number of hydrogen-bond donors (Lipinski definition) is 1. The summed E-state index contributed by atoms with van der Waals surface area (Å²) in [7, 11) is 0. The summed E-state index contributed by atoms with van der Waals surface area (Å²) in [6, 6.07) is 19.2. The number of benzene rings is 2. The van der Waals surface area contributed by atoms with Crippen molar-refractivity contribution in [3.63, 3.8) is 0 Å². The summed E-state index contributed by atoms with van der Waals surface area (Å²) < 4.78 is 5.71. The highest BCUT2D eigenvalue weighted by Crippen LogP contribution is 2.30. The van der Waals surface area contributed by atoms with Gasteiger partial charge in [0, 0.05) is 11.8 Å². The fourth-order valence-electron chi connectivity index (χ4n) is 1.73. The van der Waals surface area contributed by atoms with Crippen molar-refractivity contribution in [1.82, 2.24) is 15.4 Å². The largest absolute Gasteiger partial charge is 0.435 e. The molecule has 2 aromatic carbocycles. The minimum Gasteiger partial charge on any atom is -0.435 e. The smallest absolute Gasteiger partial charge is 0.242 e. The van der Waals surface area contributed by atoms with Gasteiger partial charge in [-0.25, -0.2) is 0 Å². The lowest BCUT2D eigenvalue weighted by Gasteiger charge is -2.11. The SMILES string of the molecule is c1ccc(Nc2ccccc2Oc2ccnnn2)cc1. The van der Waals surface area contributed by atoms with E-state index in [4.69, 9.17) is 4.74 Å². The Labute approximate surface area is 116 Å². The van der Waals surface area contributed by atoms with Crippen LogP contribution in [-0.4, -0.2) is 15.4 Å². The van der Waals surface area contributed by atoms with Crippen LogP contribution in [0.5, 0.6) is 11.6 Å². The number of aromatic nitrogens is 3. The van der Waals surface area contributed by atoms with Crippen LogP contribution in [0.3, 0.4) is 0 Å². The van der Waals surface area contributed by atoms with E-state index >= 15 is 0 Å². The first-order valence-electron chi connectivity index (χ1n) is 6.15. The highest BCUT2D eigenvalue weighted by Gasteiger charge is 2.05. The Morgan fingerprint density at radius 2 is 1.65 bits per heavy atom. The molecule has 0 radical (unpaired) electrons. The van der Waals surface area contributed by atoms with Gasteiger partial charge in [0.05, 0.1) is 11.9 Å². The molecule has 1 N–H and O–H groups in total. The van der Waals surface area contributed by atoms with Crippen molar-refractivity contribution in [2.45, 2.75) is 0 Å². The molecule has 3 aromatic rings. The Kier molecular flexibility index (Phi) is 3.51. The van der Waals surface area contributed by atoms with E-state index in [1.54, 1.807) is 6.07 Å². The van der Waals surface area contributed by atoms with Gasteiger partial charge in [-0.05, 0) is 29.5 Å². The van der Waals surface area contributed by atoms with Gasteiger partial charge in [0.25, 0.3) is 0 Å². The van der Waals surface area contributed by atoms with Crippen molar-refractivity contribution in [3.05, 3.63) is 66.9 Å². The van der Waals surface area contributed by atoms with Crippen LogP contribution in [0.1, 0.15) is 0 Å². The molecule has 0 atom stereocenters. The van der Waals surface area contributed by atoms with E-state index in [0.29, 0.717) is 11.6 Å². The molecule has 1 aromatic heterocycles. The van der Waals surface area contributed by atoms with E-state index in [9.17, 15) is 0 Å². The molecular weight excluding hydrogens is 252 g/mol. The maximum Gasteiger partial charge on any atom is 0.242 e. The molecule has 98 valence electrons. The van der Waals surface area contributed by atoms with E-state index in [2.05, 4.69) is 20.7 Å². The summed E-state index contributed by atoms with van der Waals surface area (Å²) in [5.74, 6) is 1.08. The Morgan fingerprint density at radius 1 is 0.850 bits per heavy atom. The molecule has 0 saturated heterocycles. The van der Waals surface area contributed by atoms with E-state index in [0.717, 1.165) is 11.4 Å². The lowest BCUT2D eigenvalue weighted by Crippen LogP contribution is -1.96. The maximum atomic E-state index is 5.71. The van der Waals surface area contributed by atoms with Gasteiger partial charge in [-0.1, -0.05) is 35.4 Å². The topological polar surface area (TPSA) is 59.9 Å². The van der Waals surface area contributed by atoms with Gasteiger partial charge in [-0.3, -0.25) is 0 Å². The van der Waals surface area contributed by atoms with Crippen LogP contribution >= 0.6 is 0 Å². The van der Waals surface area contributed by atoms with E-state index in [1.807, 2.05) is 54.6 Å². The molecule has 0 saturated carbocycles. The molecule has 0 aliphatic heterocycles. The molecule has 0 spiro atoms. The molecular formula is C15H12N4O. The average molecular weight is 264 g/mol. The first kappa shape index (κ1) is 12.1. The first-order valence-corrected chi connectivity index (χ1v) is 6.15. The lowest BCUT2D eigenvalue weighted by atomic mass is 10.2. The van der Waals surface area contributed by atoms with Gasteiger partial charge in [0.2, 0.25) is 5.88 Å². The fourth-order valence-corrected chi connectivity index (χ4v) is 1.73. The van der Waals surface area contributed by atoms with Gasteiger partial charge >= 0.3 is 0 Å². The van der Waals surface area contributed by atoms with Crippen LogP contribution < -0.4 is 10.1 Å². The van der Waals surface area contributed by atoms with Crippen molar-refractivity contribution in [3.8, 4) is 11.6 Å². The highest BCUT2D eigenvalue weighted by molar-refractivity contribution is 5.66. The Hall–Kier alpha value is -2.95. The molecule has 0 fully saturated rings. The van der Waals surface area contributed by atoms with Crippen molar-refractivity contribution >= 4 is 11.4 Å². The van der Waals surface area contributed by atoms with Crippen molar-refractivity contribution < 1.29 is 4.74 Å². The van der Waals surface area contributed by atoms with Gasteiger partial charge in [-0.15, -0.1) is 5.10 Å². The van der Waals surface area contributed by atoms with Crippen LogP contribution in [0.25, 0.3) is 0 Å². The standard InChI is InChI=1S/C15H12N4O/c1-2-6-12(7-3-1)17-13-8-4-5-9-14(13)20-15-10-11-16-19-18-15/h1-11,17H. The van der Waals surface area contributed by atoms with Gasteiger partial charge in [-0.2, -0.15) is 0 Å². The minimum absolute atomic E-state index is 0.405. The molecule has 3 rings (SSSR count). The molecule has 5 heteroatoms. The zero-order chi connectivity index (χ0) is 13.6. The third kappa shape index (κ3) is 2.89. The van der Waals surface area contributed by atoms with Crippen LogP contribution in [0.4, 0.5) is 11.4 Å². The molecule has 0 bridgehead atoms. The number of anilines is 2. The second kappa shape index (κ2) is 5.79. The number of rotatable bonds is 4. The van der Waals surface area contributed by atoms with E-state index < -0.39 is 0 Å². The predicted molar refractivity (Wildman–Crippen MR) is 76.1 cm³/mol. The molecule has 0 unspecified atom stereocenters. The van der Waals surface area contributed by atoms with Crippen LogP contribution in [0.15, 0.2) is 66.9 Å². The molecule has 0 aliphatic carbocycles. The molecule has 20 heavy (non-hydrogen) atoms. The Balaban J connectivity index is 1.85. The van der Waals surface area contributed by atoms with Crippen molar-refractivity contribution in [2.75, 3.05) is 5.32 Å². The molecule has 1 heterocycles. The monoisotopic (exact) mass is 264 g/mol. The second-order valence-corrected chi connectivity index (χ2v) is 4.05. The zero-order valence-corrected chi connectivity index (χ0v) is 10.6. The molecule has 0 aliphatic rings. The summed E-state index contributed by atoms with van der Waals surface area (Å²) in [4.78, 5) is 0. The van der Waals surface area contributed by atoms with Gasteiger partial charge in [0.1, 0.15) is 0 Å². The maximum absolute atomic E-state index is 5.71. The minimum atomic E-state index is 0.405. The average Bonchev–Trinajstić information content (AvgIpc) is 2.51. The van der Waals surface area contributed by atoms with Crippen LogP contribution in [0.2, 0.25) is 0 Å². The lowest BCUT2D eigenvalue weighted by molar-refractivity contribution is 0.452. The van der Waals surface area contributed by atoms with Crippen molar-refractivity contribution in [2.24, 2.45) is 0 Å². The van der Waals surface area contributed by atoms with Crippen LogP contribution in [-0.2, 0) is 0 Å². The Morgan fingerprint density at radius 3 is 2.45 bits per heavy atom. The summed E-state index contributed by atoms with van der Waals surface area (Å²) in [5, 5.41) is 14.3. The van der Waals surface area contributed by atoms with Gasteiger partial charge < -0.3 is 10.1 Å².